The molecule has 1 aliphatic carbocycles. The fraction of sp³-hybridized carbons (Fsp3) is 0.615. The average molecular weight is 265 g/mol. The molecular formula is C13H19N3O3. The van der Waals surface area contributed by atoms with E-state index in [0.29, 0.717) is 11.7 Å². The van der Waals surface area contributed by atoms with Crippen molar-refractivity contribution in [3.63, 3.8) is 0 Å². The predicted octanol–water partition coefficient (Wildman–Crippen LogP) is 1.23. The van der Waals surface area contributed by atoms with E-state index in [9.17, 15) is 9.90 Å². The third-order valence-electron chi connectivity index (χ3n) is 3.37. The Morgan fingerprint density at radius 1 is 1.47 bits per heavy atom. The number of carbonyl (C=O) groups is 1. The summed E-state index contributed by atoms with van der Waals surface area (Å²) in [5.74, 6) is 0.605. The molecule has 0 amide bonds. The molecule has 0 aliphatic heterocycles. The lowest BCUT2D eigenvalue weighted by atomic mass is 9.87. The molecule has 1 fully saturated rings. The number of rotatable bonds is 4. The zero-order valence-electron chi connectivity index (χ0n) is 11.0. The molecule has 2 rings (SSSR count). The molecule has 1 aromatic rings. The van der Waals surface area contributed by atoms with Crippen LogP contribution in [0.2, 0.25) is 0 Å². The van der Waals surface area contributed by atoms with Crippen LogP contribution in [0.1, 0.15) is 36.2 Å². The minimum atomic E-state index is -0.491. The van der Waals surface area contributed by atoms with Gasteiger partial charge in [-0.1, -0.05) is 6.42 Å². The Morgan fingerprint density at radius 3 is 2.95 bits per heavy atom. The first-order valence-corrected chi connectivity index (χ1v) is 6.51. The molecule has 1 aliphatic rings. The van der Waals surface area contributed by atoms with Gasteiger partial charge in [0.25, 0.3) is 0 Å². The molecule has 2 atom stereocenters. The number of nitrogens with one attached hydrogen (secondary N) is 1. The average Bonchev–Trinajstić information content (AvgIpc) is 2.45. The molecule has 0 spiro atoms. The lowest BCUT2D eigenvalue weighted by Gasteiger charge is -2.25. The van der Waals surface area contributed by atoms with E-state index in [1.54, 1.807) is 0 Å². The smallest absolute Gasteiger partial charge is 0.358 e. The van der Waals surface area contributed by atoms with Crippen molar-refractivity contribution in [2.24, 2.45) is 5.92 Å². The highest BCUT2D eigenvalue weighted by molar-refractivity contribution is 5.86. The number of nitrogens with zero attached hydrogens (tertiary/aromatic N) is 2. The van der Waals surface area contributed by atoms with Gasteiger partial charge in [0.05, 0.1) is 25.6 Å². The lowest BCUT2D eigenvalue weighted by molar-refractivity contribution is 0.0593. The number of aliphatic hydroxyl groups excluding tert-OH is 1. The van der Waals surface area contributed by atoms with Crippen molar-refractivity contribution < 1.29 is 14.6 Å². The van der Waals surface area contributed by atoms with Gasteiger partial charge >= 0.3 is 5.97 Å². The van der Waals surface area contributed by atoms with Gasteiger partial charge in [0, 0.05) is 6.54 Å². The van der Waals surface area contributed by atoms with Gasteiger partial charge in [-0.2, -0.15) is 0 Å². The highest BCUT2D eigenvalue weighted by Crippen LogP contribution is 2.24. The summed E-state index contributed by atoms with van der Waals surface area (Å²) in [5, 5.41) is 12.8. The summed E-state index contributed by atoms with van der Waals surface area (Å²) in [5.41, 5.74) is 0.195. The molecule has 1 saturated carbocycles. The van der Waals surface area contributed by atoms with Gasteiger partial charge in [0.2, 0.25) is 0 Å². The van der Waals surface area contributed by atoms with E-state index in [0.717, 1.165) is 32.2 Å². The Hall–Kier alpha value is -1.69. The van der Waals surface area contributed by atoms with Crippen LogP contribution < -0.4 is 5.32 Å². The highest BCUT2D eigenvalue weighted by Gasteiger charge is 2.19. The Morgan fingerprint density at radius 2 is 2.32 bits per heavy atom. The SMILES string of the molecule is COC(=O)c1cnc(NCC2CCCC(O)C2)cn1. The second kappa shape index (κ2) is 6.47. The van der Waals surface area contributed by atoms with Crippen molar-refractivity contribution in [1.82, 2.24) is 9.97 Å². The second-order valence-electron chi connectivity index (χ2n) is 4.85. The quantitative estimate of drug-likeness (QED) is 0.796. The molecule has 1 heterocycles. The Balaban J connectivity index is 1.84. The van der Waals surface area contributed by atoms with E-state index in [2.05, 4.69) is 20.0 Å². The number of esters is 1. The fourth-order valence-electron chi connectivity index (χ4n) is 2.33. The number of anilines is 1. The van der Waals surface area contributed by atoms with Crippen molar-refractivity contribution in [1.29, 1.82) is 0 Å². The first-order chi connectivity index (χ1) is 9.19. The molecule has 0 radical (unpaired) electrons. The molecule has 6 nitrogen and oxygen atoms in total. The predicted molar refractivity (Wildman–Crippen MR) is 69.8 cm³/mol. The number of methoxy groups -OCH3 is 1. The normalized spacial score (nSPS) is 22.8. The van der Waals surface area contributed by atoms with Crippen LogP contribution in [0.25, 0.3) is 0 Å². The fourth-order valence-corrected chi connectivity index (χ4v) is 2.33. The maximum Gasteiger partial charge on any atom is 0.358 e. The molecule has 0 aromatic carbocycles. The van der Waals surface area contributed by atoms with Crippen LogP contribution in [-0.2, 0) is 4.74 Å². The van der Waals surface area contributed by atoms with E-state index in [1.165, 1.54) is 19.5 Å². The molecule has 6 heteroatoms. The number of aliphatic hydroxyl groups is 1. The van der Waals surface area contributed by atoms with Crippen molar-refractivity contribution in [3.05, 3.63) is 18.1 Å². The summed E-state index contributed by atoms with van der Waals surface area (Å²) in [6.07, 6.45) is 6.67. The number of hydrogen-bond acceptors (Lipinski definition) is 6. The number of aromatic nitrogens is 2. The molecule has 19 heavy (non-hydrogen) atoms. The summed E-state index contributed by atoms with van der Waals surface area (Å²) in [6, 6.07) is 0. The Kier molecular flexibility index (Phi) is 4.68. The minimum Gasteiger partial charge on any atom is -0.464 e. The highest BCUT2D eigenvalue weighted by atomic mass is 16.5. The van der Waals surface area contributed by atoms with Crippen LogP contribution in [0.4, 0.5) is 5.82 Å². The maximum absolute atomic E-state index is 11.2. The van der Waals surface area contributed by atoms with Crippen molar-refractivity contribution in [2.45, 2.75) is 31.8 Å². The van der Waals surface area contributed by atoms with Crippen LogP contribution in [-0.4, -0.2) is 40.8 Å². The van der Waals surface area contributed by atoms with Gasteiger partial charge in [-0.25, -0.2) is 14.8 Å². The number of ether oxygens (including phenoxy) is 1. The van der Waals surface area contributed by atoms with Gasteiger partial charge in [0.1, 0.15) is 5.82 Å². The largest absolute Gasteiger partial charge is 0.464 e. The lowest BCUT2D eigenvalue weighted by Crippen LogP contribution is -2.25. The number of carbonyl (C=O) groups excluding carboxylic acids is 1. The van der Waals surface area contributed by atoms with Crippen LogP contribution in [0.15, 0.2) is 12.4 Å². The molecular weight excluding hydrogens is 246 g/mol. The maximum atomic E-state index is 11.2. The Bertz CT molecular complexity index is 422. The van der Waals surface area contributed by atoms with E-state index in [4.69, 9.17) is 0 Å². The van der Waals surface area contributed by atoms with Crippen LogP contribution in [0, 0.1) is 5.92 Å². The molecule has 0 saturated heterocycles. The van der Waals surface area contributed by atoms with E-state index in [-0.39, 0.29) is 11.8 Å². The van der Waals surface area contributed by atoms with E-state index in [1.807, 2.05) is 0 Å². The minimum absolute atomic E-state index is 0.173. The van der Waals surface area contributed by atoms with Gasteiger partial charge in [-0.3, -0.25) is 0 Å². The summed E-state index contributed by atoms with van der Waals surface area (Å²) in [4.78, 5) is 19.3. The van der Waals surface area contributed by atoms with Gasteiger partial charge in [-0.15, -0.1) is 0 Å². The van der Waals surface area contributed by atoms with Crippen LogP contribution >= 0.6 is 0 Å². The first-order valence-electron chi connectivity index (χ1n) is 6.51. The topological polar surface area (TPSA) is 84.3 Å². The summed E-state index contributed by atoms with van der Waals surface area (Å²) in [6.45, 7) is 0.767. The zero-order valence-corrected chi connectivity index (χ0v) is 11.0. The zero-order chi connectivity index (χ0) is 13.7. The van der Waals surface area contributed by atoms with Crippen LogP contribution in [0.3, 0.4) is 0 Å². The van der Waals surface area contributed by atoms with Gasteiger partial charge in [-0.05, 0) is 25.2 Å². The summed E-state index contributed by atoms with van der Waals surface area (Å²) < 4.78 is 4.55. The van der Waals surface area contributed by atoms with E-state index >= 15 is 0 Å². The third-order valence-corrected chi connectivity index (χ3v) is 3.37. The molecule has 1 aromatic heterocycles. The summed E-state index contributed by atoms with van der Waals surface area (Å²) in [7, 11) is 1.31. The Labute approximate surface area is 112 Å². The monoisotopic (exact) mass is 265 g/mol. The molecule has 0 bridgehead atoms. The molecule has 104 valence electrons. The van der Waals surface area contributed by atoms with Gasteiger partial charge in [0.15, 0.2) is 5.69 Å². The second-order valence-corrected chi connectivity index (χ2v) is 4.85. The standard InChI is InChI=1S/C13H19N3O3/c1-19-13(18)11-7-16-12(8-14-11)15-6-9-3-2-4-10(17)5-9/h7-10,17H,2-6H2,1H3,(H,15,16). The number of hydrogen-bond donors (Lipinski definition) is 2. The van der Waals surface area contributed by atoms with Crippen LogP contribution in [0.5, 0.6) is 0 Å². The summed E-state index contributed by atoms with van der Waals surface area (Å²) >= 11 is 0. The van der Waals surface area contributed by atoms with Crippen molar-refractivity contribution in [3.8, 4) is 0 Å². The molecule has 2 unspecified atom stereocenters. The van der Waals surface area contributed by atoms with E-state index < -0.39 is 5.97 Å². The van der Waals surface area contributed by atoms with Crippen molar-refractivity contribution >= 4 is 11.8 Å². The molecule has 2 N–H and O–H groups in total. The first kappa shape index (κ1) is 13.7. The third kappa shape index (κ3) is 3.89. The van der Waals surface area contributed by atoms with Crippen molar-refractivity contribution in [2.75, 3.05) is 19.0 Å². The van der Waals surface area contributed by atoms with Gasteiger partial charge < -0.3 is 15.2 Å².